The van der Waals surface area contributed by atoms with Crippen LogP contribution in [0, 0.1) is 6.92 Å². The smallest absolute Gasteiger partial charge is 0.0945 e. The highest BCUT2D eigenvalue weighted by Gasteiger charge is 2.06. The maximum Gasteiger partial charge on any atom is 0.0945 e. The Morgan fingerprint density at radius 3 is 2.76 bits per heavy atom. The van der Waals surface area contributed by atoms with Crippen LogP contribution in [0.5, 0.6) is 0 Å². The van der Waals surface area contributed by atoms with Gasteiger partial charge in [0.25, 0.3) is 0 Å². The SMILES string of the molecule is CCCCOCCOCC(O)CNc1cccc(Br)c1C. The number of aliphatic hydroxyl groups is 1. The Hall–Kier alpha value is -0.620. The Balaban J connectivity index is 2.11. The summed E-state index contributed by atoms with van der Waals surface area (Å²) in [5, 5.41) is 13.1. The molecule has 0 bridgehead atoms. The van der Waals surface area contributed by atoms with Crippen LogP contribution >= 0.6 is 15.9 Å². The number of anilines is 1. The van der Waals surface area contributed by atoms with E-state index in [1.54, 1.807) is 0 Å². The van der Waals surface area contributed by atoms with Crippen LogP contribution in [0.4, 0.5) is 5.69 Å². The molecule has 1 aromatic rings. The van der Waals surface area contributed by atoms with Crippen LogP contribution in [0.1, 0.15) is 25.3 Å². The highest BCUT2D eigenvalue weighted by Crippen LogP contribution is 2.23. The minimum atomic E-state index is -0.529. The molecule has 0 saturated carbocycles. The molecule has 1 unspecified atom stereocenters. The molecule has 1 rings (SSSR count). The number of benzene rings is 1. The Morgan fingerprint density at radius 1 is 1.24 bits per heavy atom. The number of ether oxygens (including phenoxy) is 2. The average Bonchev–Trinajstić information content (AvgIpc) is 2.48. The molecule has 0 radical (unpaired) electrons. The molecule has 21 heavy (non-hydrogen) atoms. The van der Waals surface area contributed by atoms with Gasteiger partial charge in [-0.15, -0.1) is 0 Å². The summed E-state index contributed by atoms with van der Waals surface area (Å²) in [6.45, 7) is 6.85. The van der Waals surface area contributed by atoms with E-state index < -0.39 is 6.10 Å². The maximum absolute atomic E-state index is 9.87. The fraction of sp³-hybridized carbons (Fsp3) is 0.625. The van der Waals surface area contributed by atoms with Crippen LogP contribution in [-0.2, 0) is 9.47 Å². The number of hydrogen-bond donors (Lipinski definition) is 2. The van der Waals surface area contributed by atoms with Crippen molar-refractivity contribution in [1.29, 1.82) is 0 Å². The Kier molecular flexibility index (Phi) is 9.67. The lowest BCUT2D eigenvalue weighted by Crippen LogP contribution is -2.26. The predicted molar refractivity (Wildman–Crippen MR) is 89.9 cm³/mol. The Labute approximate surface area is 136 Å². The van der Waals surface area contributed by atoms with E-state index in [0.29, 0.717) is 26.4 Å². The van der Waals surface area contributed by atoms with Gasteiger partial charge in [-0.25, -0.2) is 0 Å². The molecule has 0 aromatic heterocycles. The summed E-state index contributed by atoms with van der Waals surface area (Å²) in [7, 11) is 0. The summed E-state index contributed by atoms with van der Waals surface area (Å²) in [5.74, 6) is 0. The zero-order valence-electron chi connectivity index (χ0n) is 12.9. The van der Waals surface area contributed by atoms with Crippen molar-refractivity contribution in [2.24, 2.45) is 0 Å². The normalized spacial score (nSPS) is 12.4. The second kappa shape index (κ2) is 11.0. The quantitative estimate of drug-likeness (QED) is 0.594. The fourth-order valence-electron chi connectivity index (χ4n) is 1.77. The third-order valence-corrected chi connectivity index (χ3v) is 3.98. The third-order valence-electron chi connectivity index (χ3n) is 3.12. The maximum atomic E-state index is 9.87. The lowest BCUT2D eigenvalue weighted by atomic mass is 10.2. The minimum absolute atomic E-state index is 0.317. The van der Waals surface area contributed by atoms with E-state index >= 15 is 0 Å². The van der Waals surface area contributed by atoms with Gasteiger partial charge in [0.1, 0.15) is 0 Å². The van der Waals surface area contributed by atoms with Gasteiger partial charge in [0.15, 0.2) is 0 Å². The average molecular weight is 360 g/mol. The molecule has 0 spiro atoms. The molecule has 0 heterocycles. The molecular weight excluding hydrogens is 334 g/mol. The second-order valence-electron chi connectivity index (χ2n) is 4.99. The standard InChI is InChI=1S/C16H26BrNO3/c1-3-4-8-20-9-10-21-12-14(19)11-18-16-7-5-6-15(17)13(16)2/h5-7,14,18-19H,3-4,8-12H2,1-2H3. The number of halogens is 1. The van der Waals surface area contributed by atoms with E-state index in [0.717, 1.165) is 35.2 Å². The summed E-state index contributed by atoms with van der Waals surface area (Å²) in [6.07, 6.45) is 1.69. The van der Waals surface area contributed by atoms with Gasteiger partial charge in [-0.1, -0.05) is 35.3 Å². The fourth-order valence-corrected chi connectivity index (χ4v) is 2.14. The first-order valence-corrected chi connectivity index (χ1v) is 8.27. The molecule has 0 saturated heterocycles. The number of nitrogens with one attached hydrogen (secondary N) is 1. The molecule has 0 amide bonds. The van der Waals surface area contributed by atoms with Crippen molar-refractivity contribution in [1.82, 2.24) is 0 Å². The van der Waals surface area contributed by atoms with Crippen LogP contribution in [0.2, 0.25) is 0 Å². The van der Waals surface area contributed by atoms with E-state index in [1.807, 2.05) is 25.1 Å². The highest BCUT2D eigenvalue weighted by atomic mass is 79.9. The van der Waals surface area contributed by atoms with Crippen molar-refractivity contribution in [2.75, 3.05) is 38.3 Å². The predicted octanol–water partition coefficient (Wildman–Crippen LogP) is 3.36. The molecule has 2 N–H and O–H groups in total. The number of aliphatic hydroxyl groups excluding tert-OH is 1. The van der Waals surface area contributed by atoms with E-state index in [4.69, 9.17) is 9.47 Å². The van der Waals surface area contributed by atoms with Crippen molar-refractivity contribution in [3.05, 3.63) is 28.2 Å². The van der Waals surface area contributed by atoms with Crippen molar-refractivity contribution >= 4 is 21.6 Å². The monoisotopic (exact) mass is 359 g/mol. The first-order valence-electron chi connectivity index (χ1n) is 7.47. The van der Waals surface area contributed by atoms with Gasteiger partial charge >= 0.3 is 0 Å². The summed E-state index contributed by atoms with van der Waals surface area (Å²) in [5.41, 5.74) is 2.15. The lowest BCUT2D eigenvalue weighted by Gasteiger charge is -2.15. The van der Waals surface area contributed by atoms with E-state index in [-0.39, 0.29) is 0 Å². The van der Waals surface area contributed by atoms with Crippen molar-refractivity contribution in [3.63, 3.8) is 0 Å². The van der Waals surface area contributed by atoms with Gasteiger partial charge in [0.2, 0.25) is 0 Å². The molecule has 0 fully saturated rings. The first kappa shape index (κ1) is 18.4. The zero-order chi connectivity index (χ0) is 15.5. The molecule has 1 aromatic carbocycles. The number of unbranched alkanes of at least 4 members (excludes halogenated alkanes) is 1. The van der Waals surface area contributed by atoms with Crippen molar-refractivity contribution in [3.8, 4) is 0 Å². The second-order valence-corrected chi connectivity index (χ2v) is 5.84. The summed E-state index contributed by atoms with van der Waals surface area (Å²) < 4.78 is 11.8. The molecule has 1 atom stereocenters. The Morgan fingerprint density at radius 2 is 2.00 bits per heavy atom. The van der Waals surface area contributed by atoms with Crippen molar-refractivity contribution < 1.29 is 14.6 Å². The van der Waals surface area contributed by atoms with Crippen LogP contribution in [0.25, 0.3) is 0 Å². The first-order chi connectivity index (χ1) is 10.1. The van der Waals surface area contributed by atoms with Gasteiger partial charge in [-0.05, 0) is 31.0 Å². The highest BCUT2D eigenvalue weighted by molar-refractivity contribution is 9.10. The lowest BCUT2D eigenvalue weighted by molar-refractivity contribution is 0.00749. The van der Waals surface area contributed by atoms with Crippen LogP contribution in [0.15, 0.2) is 22.7 Å². The molecule has 0 aliphatic rings. The largest absolute Gasteiger partial charge is 0.389 e. The molecule has 0 aliphatic carbocycles. The molecule has 4 nitrogen and oxygen atoms in total. The van der Waals surface area contributed by atoms with Crippen LogP contribution < -0.4 is 5.32 Å². The van der Waals surface area contributed by atoms with E-state index in [1.165, 1.54) is 0 Å². The topological polar surface area (TPSA) is 50.7 Å². The van der Waals surface area contributed by atoms with E-state index in [9.17, 15) is 5.11 Å². The molecule has 5 heteroatoms. The summed E-state index contributed by atoms with van der Waals surface area (Å²) >= 11 is 3.49. The van der Waals surface area contributed by atoms with Gasteiger partial charge in [0.05, 0.1) is 25.9 Å². The molecule has 120 valence electrons. The van der Waals surface area contributed by atoms with Crippen molar-refractivity contribution in [2.45, 2.75) is 32.8 Å². The summed E-state index contributed by atoms with van der Waals surface area (Å²) in [6, 6.07) is 5.96. The van der Waals surface area contributed by atoms with Gasteiger partial charge < -0.3 is 19.9 Å². The Bertz CT molecular complexity index is 401. The van der Waals surface area contributed by atoms with Gasteiger partial charge in [-0.3, -0.25) is 0 Å². The molecule has 0 aliphatic heterocycles. The zero-order valence-corrected chi connectivity index (χ0v) is 14.5. The number of hydrogen-bond acceptors (Lipinski definition) is 4. The van der Waals surface area contributed by atoms with E-state index in [2.05, 4.69) is 28.2 Å². The minimum Gasteiger partial charge on any atom is -0.389 e. The van der Waals surface area contributed by atoms with Crippen LogP contribution in [0.3, 0.4) is 0 Å². The third kappa shape index (κ3) is 7.81. The van der Waals surface area contributed by atoms with Gasteiger partial charge in [0, 0.05) is 23.3 Å². The number of rotatable bonds is 11. The summed E-state index contributed by atoms with van der Waals surface area (Å²) in [4.78, 5) is 0. The van der Waals surface area contributed by atoms with Gasteiger partial charge in [-0.2, -0.15) is 0 Å². The van der Waals surface area contributed by atoms with Crippen LogP contribution in [-0.4, -0.2) is 44.2 Å². The molecular formula is C16H26BrNO3.